The fourth-order valence-corrected chi connectivity index (χ4v) is 3.68. The molecule has 1 rings (SSSR count). The Hall–Kier alpha value is -1.44. The lowest BCUT2D eigenvalue weighted by molar-refractivity contribution is -0.139. The Kier molecular flexibility index (Phi) is 8.38. The van der Waals surface area contributed by atoms with Gasteiger partial charge in [-0.2, -0.15) is 0 Å². The highest BCUT2D eigenvalue weighted by molar-refractivity contribution is 5.75. The summed E-state index contributed by atoms with van der Waals surface area (Å²) in [5.74, 6) is -1.30. The summed E-state index contributed by atoms with van der Waals surface area (Å²) in [4.78, 5) is 23.0. The molecule has 0 unspecified atom stereocenters. The minimum absolute atomic E-state index is 0.110. The number of unbranched alkanes of at least 4 members (excludes halogenated alkanes) is 2. The maximum Gasteiger partial charge on any atom is 0.320 e. The number of carboxylic acid groups (broad SMARTS) is 1. The van der Waals surface area contributed by atoms with Gasteiger partial charge in [-0.25, -0.2) is 0 Å². The van der Waals surface area contributed by atoms with E-state index in [1.165, 1.54) is 6.92 Å². The van der Waals surface area contributed by atoms with E-state index in [1.54, 1.807) is 0 Å². The predicted molar refractivity (Wildman–Crippen MR) is 90.5 cm³/mol. The number of aliphatic hydroxyl groups is 2. The number of hydrogen-bond donors (Lipinski definition) is 5. The maximum absolute atomic E-state index is 11.6. The molecular formula is C17H30N2O5. The number of carbonyl (C=O) groups excluding carboxylic acids is 1. The molecule has 0 aromatic heterocycles. The van der Waals surface area contributed by atoms with Crippen LogP contribution in [0.1, 0.15) is 46.0 Å². The van der Waals surface area contributed by atoms with Crippen molar-refractivity contribution < 1.29 is 24.9 Å². The molecule has 1 fully saturated rings. The molecule has 1 aliphatic rings. The third kappa shape index (κ3) is 5.03. The van der Waals surface area contributed by atoms with E-state index in [-0.39, 0.29) is 25.0 Å². The molecule has 4 atom stereocenters. The van der Waals surface area contributed by atoms with Crippen LogP contribution < -0.4 is 10.6 Å². The molecule has 1 heterocycles. The predicted octanol–water partition coefficient (Wildman–Crippen LogP) is 0.414. The van der Waals surface area contributed by atoms with Gasteiger partial charge < -0.3 is 20.6 Å². The molecule has 0 saturated carbocycles. The fourth-order valence-electron chi connectivity index (χ4n) is 3.68. The van der Waals surface area contributed by atoms with Crippen molar-refractivity contribution in [3.8, 4) is 0 Å². The number of rotatable bonds is 10. The van der Waals surface area contributed by atoms with Crippen LogP contribution in [0.15, 0.2) is 12.2 Å². The summed E-state index contributed by atoms with van der Waals surface area (Å²) in [5, 5.41) is 34.2. The van der Waals surface area contributed by atoms with Crippen LogP contribution in [-0.4, -0.2) is 58.0 Å². The fraction of sp³-hybridized carbons (Fsp3) is 0.765. The van der Waals surface area contributed by atoms with Gasteiger partial charge in [0.2, 0.25) is 5.91 Å². The second-order valence-corrected chi connectivity index (χ2v) is 6.41. The van der Waals surface area contributed by atoms with E-state index in [0.717, 1.165) is 12.8 Å². The van der Waals surface area contributed by atoms with Crippen molar-refractivity contribution in [2.24, 2.45) is 5.92 Å². The first-order valence-electron chi connectivity index (χ1n) is 8.53. The third-order valence-corrected chi connectivity index (χ3v) is 4.75. The first kappa shape index (κ1) is 20.6. The molecule has 0 spiro atoms. The van der Waals surface area contributed by atoms with Gasteiger partial charge in [0, 0.05) is 19.1 Å². The molecule has 0 radical (unpaired) electrons. The van der Waals surface area contributed by atoms with Crippen molar-refractivity contribution in [1.29, 1.82) is 0 Å². The lowest BCUT2D eigenvalue weighted by atomic mass is 9.75. The largest absolute Gasteiger partial charge is 0.480 e. The molecule has 0 aromatic rings. The van der Waals surface area contributed by atoms with E-state index in [2.05, 4.69) is 10.6 Å². The molecule has 0 bridgehead atoms. The highest BCUT2D eigenvalue weighted by Crippen LogP contribution is 2.38. The van der Waals surface area contributed by atoms with Crippen molar-refractivity contribution in [2.75, 3.05) is 13.2 Å². The highest BCUT2D eigenvalue weighted by Gasteiger charge is 2.52. The number of aliphatic hydroxyl groups excluding tert-OH is 2. The highest BCUT2D eigenvalue weighted by atomic mass is 16.4. The van der Waals surface area contributed by atoms with Crippen LogP contribution >= 0.6 is 0 Å². The minimum atomic E-state index is -0.929. The zero-order valence-electron chi connectivity index (χ0n) is 14.5. The average Bonchev–Trinajstić information content (AvgIpc) is 2.89. The van der Waals surface area contributed by atoms with Gasteiger partial charge in [-0.15, -0.1) is 0 Å². The Labute approximate surface area is 143 Å². The van der Waals surface area contributed by atoms with Crippen molar-refractivity contribution in [2.45, 2.75) is 63.6 Å². The van der Waals surface area contributed by atoms with Crippen molar-refractivity contribution >= 4 is 11.9 Å². The summed E-state index contributed by atoms with van der Waals surface area (Å²) < 4.78 is 0. The average molecular weight is 342 g/mol. The van der Waals surface area contributed by atoms with Gasteiger partial charge in [-0.05, 0) is 32.1 Å². The van der Waals surface area contributed by atoms with Gasteiger partial charge in [0.1, 0.15) is 6.04 Å². The Morgan fingerprint density at radius 2 is 2.04 bits per heavy atom. The van der Waals surface area contributed by atoms with E-state index in [4.69, 9.17) is 5.11 Å². The normalized spacial score (nSPS) is 28.2. The van der Waals surface area contributed by atoms with Gasteiger partial charge in [0.15, 0.2) is 0 Å². The molecule has 0 aliphatic carbocycles. The van der Waals surface area contributed by atoms with E-state index in [0.29, 0.717) is 19.3 Å². The number of hydrogen-bond acceptors (Lipinski definition) is 5. The van der Waals surface area contributed by atoms with Gasteiger partial charge >= 0.3 is 5.97 Å². The Morgan fingerprint density at radius 1 is 1.33 bits per heavy atom. The monoisotopic (exact) mass is 342 g/mol. The lowest BCUT2D eigenvalue weighted by Crippen LogP contribution is -2.63. The van der Waals surface area contributed by atoms with E-state index in [1.807, 2.05) is 19.1 Å². The molecule has 24 heavy (non-hydrogen) atoms. The summed E-state index contributed by atoms with van der Waals surface area (Å²) in [6.07, 6.45) is 7.10. The summed E-state index contributed by atoms with van der Waals surface area (Å²) >= 11 is 0. The molecule has 7 heteroatoms. The van der Waals surface area contributed by atoms with Crippen molar-refractivity contribution in [3.05, 3.63) is 12.2 Å². The number of carboxylic acids is 1. The molecule has 138 valence electrons. The van der Waals surface area contributed by atoms with Gasteiger partial charge in [-0.1, -0.05) is 25.0 Å². The van der Waals surface area contributed by atoms with E-state index in [9.17, 15) is 19.8 Å². The van der Waals surface area contributed by atoms with Gasteiger partial charge in [0.05, 0.1) is 12.6 Å². The maximum atomic E-state index is 11.6. The summed E-state index contributed by atoms with van der Waals surface area (Å²) in [6, 6.07) is -1.29. The van der Waals surface area contributed by atoms with Crippen LogP contribution in [0.25, 0.3) is 0 Å². The first-order valence-corrected chi connectivity index (χ1v) is 8.53. The van der Waals surface area contributed by atoms with Crippen LogP contribution in [0.4, 0.5) is 0 Å². The molecule has 5 N–H and O–H groups in total. The first-order chi connectivity index (χ1) is 11.4. The van der Waals surface area contributed by atoms with Crippen LogP contribution in [0.3, 0.4) is 0 Å². The Bertz CT molecular complexity index is 454. The summed E-state index contributed by atoms with van der Waals surface area (Å²) in [7, 11) is 0. The second-order valence-electron chi connectivity index (χ2n) is 6.41. The topological polar surface area (TPSA) is 119 Å². The van der Waals surface area contributed by atoms with Crippen LogP contribution in [-0.2, 0) is 9.59 Å². The minimum Gasteiger partial charge on any atom is -0.480 e. The molecule has 0 aromatic carbocycles. The van der Waals surface area contributed by atoms with E-state index >= 15 is 0 Å². The third-order valence-electron chi connectivity index (χ3n) is 4.75. The number of nitrogens with one attached hydrogen (secondary N) is 2. The molecule has 1 saturated heterocycles. The summed E-state index contributed by atoms with van der Waals surface area (Å²) in [6.45, 7) is 3.10. The van der Waals surface area contributed by atoms with Crippen LogP contribution in [0.2, 0.25) is 0 Å². The van der Waals surface area contributed by atoms with Crippen molar-refractivity contribution in [3.63, 3.8) is 0 Å². The van der Waals surface area contributed by atoms with E-state index < -0.39 is 23.6 Å². The molecule has 1 aliphatic heterocycles. The van der Waals surface area contributed by atoms with Gasteiger partial charge in [0.25, 0.3) is 0 Å². The quantitative estimate of drug-likeness (QED) is 0.290. The summed E-state index contributed by atoms with van der Waals surface area (Å²) in [5.41, 5.74) is -0.717. The Balaban J connectivity index is 3.11. The lowest BCUT2D eigenvalue weighted by Gasteiger charge is -2.41. The SMILES string of the molecule is C/C=C\[C@@H]1C[C@H](C(=O)O)N[C@@]1(CCCCCO)[C@H](CO)NC(C)=O. The van der Waals surface area contributed by atoms with Crippen LogP contribution in [0, 0.1) is 5.92 Å². The molecule has 7 nitrogen and oxygen atoms in total. The second kappa shape index (κ2) is 9.76. The number of allylic oxidation sites excluding steroid dienone is 1. The van der Waals surface area contributed by atoms with Crippen LogP contribution in [0.5, 0.6) is 0 Å². The zero-order chi connectivity index (χ0) is 18.2. The standard InChI is InChI=1S/C17H30N2O5/c1-3-7-13-10-14(16(23)24)19-17(13,8-5-4-6-9-20)15(11-21)18-12(2)22/h3,7,13-15,19-21H,4-6,8-11H2,1-2H3,(H,18,22)(H,23,24)/b7-3-/t13-,14-,15+,17-/m1/s1. The number of amides is 1. The number of carbonyl (C=O) groups is 2. The number of aliphatic carboxylic acids is 1. The molecule has 1 amide bonds. The van der Waals surface area contributed by atoms with Gasteiger partial charge in [-0.3, -0.25) is 14.9 Å². The zero-order valence-corrected chi connectivity index (χ0v) is 14.5. The van der Waals surface area contributed by atoms with Crippen molar-refractivity contribution in [1.82, 2.24) is 10.6 Å². The molecular weight excluding hydrogens is 312 g/mol. The Morgan fingerprint density at radius 3 is 2.54 bits per heavy atom. The smallest absolute Gasteiger partial charge is 0.320 e.